The Morgan fingerprint density at radius 3 is 1.83 bits per heavy atom. The van der Waals surface area contributed by atoms with Crippen molar-refractivity contribution in [2.45, 2.75) is 26.2 Å². The Kier molecular flexibility index (Phi) is 12.3. The van der Waals surface area contributed by atoms with Gasteiger partial charge in [0.15, 0.2) is 0 Å². The van der Waals surface area contributed by atoms with Gasteiger partial charge < -0.3 is 24.0 Å². The van der Waals surface area contributed by atoms with Crippen molar-refractivity contribution in [3.05, 3.63) is 255 Å². The summed E-state index contributed by atoms with van der Waals surface area (Å²) in [5.41, 5.74) is 13.5. The second-order valence-corrected chi connectivity index (χ2v) is 18.7. The molecule has 3 heterocycles. The number of hydrogen-bond donors (Lipinski definition) is 0. The third-order valence-corrected chi connectivity index (χ3v) is 13.1. The van der Waals surface area contributed by atoms with Crippen LogP contribution in [-0.2, 0) is 26.5 Å². The monoisotopic (exact) mass is 1120 g/mol. The zero-order valence-electron chi connectivity index (χ0n) is 39.8. The Labute approximate surface area is 434 Å². The number of ether oxygens (including phenoxy) is 1. The maximum absolute atomic E-state index is 14.5. The van der Waals surface area contributed by atoms with Gasteiger partial charge in [-0.15, -0.1) is 42.4 Å². The van der Waals surface area contributed by atoms with Crippen molar-refractivity contribution in [1.29, 1.82) is 0 Å². The van der Waals surface area contributed by atoms with Crippen molar-refractivity contribution in [3.63, 3.8) is 0 Å². The molecule has 0 atom stereocenters. The van der Waals surface area contributed by atoms with Gasteiger partial charge in [-0.25, -0.2) is 9.37 Å². The molecule has 0 bridgehead atoms. The molecule has 12 rings (SSSR count). The van der Waals surface area contributed by atoms with Crippen molar-refractivity contribution >= 4 is 61.6 Å². The molecule has 0 aliphatic carbocycles. The van der Waals surface area contributed by atoms with E-state index < -0.39 is 0 Å². The van der Waals surface area contributed by atoms with Crippen LogP contribution in [0.15, 0.2) is 225 Å². The molecule has 72 heavy (non-hydrogen) atoms. The molecule has 0 radical (unpaired) electrons. The van der Waals surface area contributed by atoms with E-state index in [1.54, 1.807) is 0 Å². The average Bonchev–Trinajstić information content (AvgIpc) is 3.95. The van der Waals surface area contributed by atoms with Gasteiger partial charge in [0.2, 0.25) is 0 Å². The van der Waals surface area contributed by atoms with Crippen LogP contribution in [0.5, 0.6) is 11.5 Å². The first kappa shape index (κ1) is 46.1. The second kappa shape index (κ2) is 19.2. The van der Waals surface area contributed by atoms with E-state index in [1.807, 2.05) is 48.7 Å². The molecule has 0 unspecified atom stereocenters. The number of anilines is 7. The van der Waals surface area contributed by atoms with Crippen LogP contribution in [0, 0.1) is 24.6 Å². The van der Waals surface area contributed by atoms with Crippen LogP contribution < -0.4 is 19.4 Å². The topological polar surface area (TPSA) is 36.8 Å². The SMILES string of the molecule is CC(C)(C)c1ccnc(-n2c3[c-]c(Oc4[c-]c(N5[CH-]N(c6c(-c7ccccc7)cccc6-c6ccc(F)cc6)c6ccccc65)cc(N(c5ccccc5)c5ccccc5)c4)ccc3c3ccccc32)c1.[Pt]. The Balaban J connectivity index is 0.00000560. The van der Waals surface area contributed by atoms with Crippen molar-refractivity contribution in [2.24, 2.45) is 0 Å². The first-order valence-corrected chi connectivity index (χ1v) is 23.8. The first-order chi connectivity index (χ1) is 34.7. The number of para-hydroxylation sites is 6. The van der Waals surface area contributed by atoms with E-state index in [0.29, 0.717) is 11.5 Å². The molecule has 0 amide bonds. The number of benzene rings is 9. The van der Waals surface area contributed by atoms with Crippen LogP contribution in [0.25, 0.3) is 49.9 Å². The maximum atomic E-state index is 14.5. The molecule has 354 valence electrons. The van der Waals surface area contributed by atoms with Crippen molar-refractivity contribution in [1.82, 2.24) is 9.55 Å². The predicted molar refractivity (Wildman–Crippen MR) is 288 cm³/mol. The summed E-state index contributed by atoms with van der Waals surface area (Å²) in [5.74, 6) is 1.57. The molecule has 1 aliphatic heterocycles. The van der Waals surface area contributed by atoms with Gasteiger partial charge in [0.1, 0.15) is 11.6 Å². The van der Waals surface area contributed by atoms with Crippen LogP contribution >= 0.6 is 0 Å². The van der Waals surface area contributed by atoms with Gasteiger partial charge in [-0.1, -0.05) is 165 Å². The molecular weight excluding hydrogens is 1070 g/mol. The van der Waals surface area contributed by atoms with Gasteiger partial charge in [0.05, 0.1) is 0 Å². The van der Waals surface area contributed by atoms with Crippen molar-refractivity contribution < 1.29 is 30.2 Å². The third-order valence-electron chi connectivity index (χ3n) is 13.1. The van der Waals surface area contributed by atoms with E-state index in [4.69, 9.17) is 9.72 Å². The van der Waals surface area contributed by atoms with Crippen LogP contribution in [-0.4, -0.2) is 9.55 Å². The fourth-order valence-electron chi connectivity index (χ4n) is 9.72. The van der Waals surface area contributed by atoms with E-state index in [-0.39, 0.29) is 32.3 Å². The zero-order chi connectivity index (χ0) is 48.1. The number of hydrogen-bond acceptors (Lipinski definition) is 5. The molecule has 0 saturated carbocycles. The first-order valence-electron chi connectivity index (χ1n) is 23.8. The fraction of sp³-hybridized carbons (Fsp3) is 0.0625. The summed E-state index contributed by atoms with van der Waals surface area (Å²) >= 11 is 0. The molecule has 11 aromatic rings. The summed E-state index contributed by atoms with van der Waals surface area (Å²) in [4.78, 5) is 11.6. The van der Waals surface area contributed by atoms with Crippen molar-refractivity contribution in [3.8, 4) is 39.6 Å². The summed E-state index contributed by atoms with van der Waals surface area (Å²) in [6, 6.07) is 81.0. The largest absolute Gasteiger partial charge is 0.509 e. The fourth-order valence-corrected chi connectivity index (χ4v) is 9.72. The number of aromatic nitrogens is 2. The third kappa shape index (κ3) is 8.60. The van der Waals surface area contributed by atoms with E-state index in [9.17, 15) is 4.39 Å². The molecular formula is C64H47FN5OPt-3. The van der Waals surface area contributed by atoms with E-state index >= 15 is 0 Å². The standard InChI is InChI=1S/C64H47FN5O.Pt/c1-64(2,3)46-36-37-66-62(38-46)70-58-27-14-13-24-56(58)57-35-34-52(42-61(57)70)71-53-40-50(39-51(41-53)69(48-20-9-5-10-21-48)49-22-11-6-12-23-49)67-43-68(60-29-16-15-28-59(60)67)63-54(44-18-7-4-8-19-44)25-17-26-55(63)45-30-32-47(65)33-31-45;/h4-39,41,43H,1-3H3;/q-3;. The normalized spacial score (nSPS) is 12.2. The molecule has 9 aromatic carbocycles. The van der Waals surface area contributed by atoms with Gasteiger partial charge in [0, 0.05) is 83.8 Å². The Morgan fingerprint density at radius 2 is 1.15 bits per heavy atom. The smallest absolute Gasteiger partial charge is 0.135 e. The summed E-state index contributed by atoms with van der Waals surface area (Å²) < 4.78 is 23.7. The minimum Gasteiger partial charge on any atom is -0.509 e. The molecule has 1 aliphatic rings. The molecule has 0 fully saturated rings. The van der Waals surface area contributed by atoms with Crippen LogP contribution in [0.1, 0.15) is 26.3 Å². The van der Waals surface area contributed by atoms with E-state index in [1.165, 1.54) is 17.7 Å². The Bertz CT molecular complexity index is 3690. The second-order valence-electron chi connectivity index (χ2n) is 18.7. The van der Waals surface area contributed by atoms with Gasteiger partial charge in [-0.3, -0.25) is 0 Å². The summed E-state index contributed by atoms with van der Waals surface area (Å²) in [6.07, 6.45) is 1.89. The molecule has 0 saturated heterocycles. The van der Waals surface area contributed by atoms with Gasteiger partial charge in [-0.05, 0) is 94.2 Å². The van der Waals surface area contributed by atoms with Gasteiger partial charge in [-0.2, -0.15) is 6.07 Å². The summed E-state index contributed by atoms with van der Waals surface area (Å²) in [6.45, 7) is 8.78. The number of pyridine rings is 1. The summed E-state index contributed by atoms with van der Waals surface area (Å²) in [7, 11) is 0. The van der Waals surface area contributed by atoms with E-state index in [2.05, 4.69) is 223 Å². The van der Waals surface area contributed by atoms with Crippen molar-refractivity contribution in [2.75, 3.05) is 14.7 Å². The van der Waals surface area contributed by atoms with E-state index in [0.717, 1.165) is 89.7 Å². The average molecular weight is 1120 g/mol. The molecule has 6 nitrogen and oxygen atoms in total. The number of halogens is 1. The molecule has 0 spiro atoms. The van der Waals surface area contributed by atoms with Crippen LogP contribution in [0.2, 0.25) is 0 Å². The predicted octanol–water partition coefficient (Wildman–Crippen LogP) is 17.2. The minimum absolute atomic E-state index is 0. The molecule has 8 heteroatoms. The zero-order valence-corrected chi connectivity index (χ0v) is 42.1. The maximum Gasteiger partial charge on any atom is 0.135 e. The van der Waals surface area contributed by atoms with Gasteiger partial charge >= 0.3 is 0 Å². The van der Waals surface area contributed by atoms with Gasteiger partial charge in [0.25, 0.3) is 0 Å². The molecule has 2 aromatic heterocycles. The Hall–Kier alpha value is -8.25. The number of rotatable bonds is 10. The molecule has 0 N–H and O–H groups in total. The quantitative estimate of drug-likeness (QED) is 0.128. The van der Waals surface area contributed by atoms with Crippen LogP contribution in [0.4, 0.5) is 44.2 Å². The minimum atomic E-state index is -0.282. The Morgan fingerprint density at radius 1 is 0.542 bits per heavy atom. The number of fused-ring (bicyclic) bond motifs is 4. The summed E-state index contributed by atoms with van der Waals surface area (Å²) in [5, 5.41) is 2.16. The van der Waals surface area contributed by atoms with Crippen LogP contribution in [0.3, 0.4) is 0 Å². The number of nitrogens with zero attached hydrogens (tertiary/aromatic N) is 5.